The summed E-state index contributed by atoms with van der Waals surface area (Å²) in [6, 6.07) is 0. The van der Waals surface area contributed by atoms with E-state index < -0.39 is 0 Å². The van der Waals surface area contributed by atoms with Crippen LogP contribution in [0.3, 0.4) is 0 Å². The summed E-state index contributed by atoms with van der Waals surface area (Å²) < 4.78 is 0. The SMILES string of the molecule is CC.CC1CCC2CC1C2. The molecule has 0 N–H and O–H groups in total. The van der Waals surface area contributed by atoms with E-state index in [1.807, 2.05) is 13.8 Å². The molecule has 3 saturated carbocycles. The highest BCUT2D eigenvalue weighted by atomic mass is 14.4. The van der Waals surface area contributed by atoms with Gasteiger partial charge in [0.15, 0.2) is 0 Å². The van der Waals surface area contributed by atoms with Crippen LogP contribution in [0.15, 0.2) is 0 Å². The van der Waals surface area contributed by atoms with Gasteiger partial charge >= 0.3 is 0 Å². The lowest BCUT2D eigenvalue weighted by molar-refractivity contribution is 0.0599. The zero-order valence-corrected chi connectivity index (χ0v) is 7.56. The van der Waals surface area contributed by atoms with Crippen molar-refractivity contribution in [2.45, 2.75) is 46.5 Å². The molecule has 1 unspecified atom stereocenters. The molecule has 0 aromatic rings. The van der Waals surface area contributed by atoms with E-state index in [0.29, 0.717) is 0 Å². The highest BCUT2D eigenvalue weighted by Crippen LogP contribution is 2.48. The van der Waals surface area contributed by atoms with E-state index in [-0.39, 0.29) is 0 Å². The molecule has 0 radical (unpaired) electrons. The summed E-state index contributed by atoms with van der Waals surface area (Å²) in [6.07, 6.45) is 6.20. The van der Waals surface area contributed by atoms with Crippen molar-refractivity contribution in [3.63, 3.8) is 0 Å². The maximum atomic E-state index is 2.42. The van der Waals surface area contributed by atoms with Crippen LogP contribution in [0.2, 0.25) is 0 Å². The molecule has 3 aliphatic carbocycles. The third kappa shape index (κ3) is 1.36. The highest BCUT2D eigenvalue weighted by Gasteiger charge is 2.37. The van der Waals surface area contributed by atoms with Crippen LogP contribution in [0.25, 0.3) is 0 Å². The first-order chi connectivity index (χ1) is 4.86. The lowest BCUT2D eigenvalue weighted by Crippen LogP contribution is -2.34. The van der Waals surface area contributed by atoms with Crippen molar-refractivity contribution >= 4 is 0 Å². The van der Waals surface area contributed by atoms with Gasteiger partial charge in [0, 0.05) is 0 Å². The second kappa shape index (κ2) is 3.41. The largest absolute Gasteiger partial charge is 0.0683 e. The minimum Gasteiger partial charge on any atom is -0.0683 e. The first-order valence-electron chi connectivity index (χ1n) is 4.86. The molecule has 0 heteroatoms. The van der Waals surface area contributed by atoms with E-state index in [1.54, 1.807) is 12.8 Å². The minimum atomic E-state index is 1.07. The van der Waals surface area contributed by atoms with Crippen molar-refractivity contribution in [2.24, 2.45) is 17.8 Å². The van der Waals surface area contributed by atoms with Crippen LogP contribution in [0, 0.1) is 17.8 Å². The van der Waals surface area contributed by atoms with E-state index in [0.717, 1.165) is 17.8 Å². The van der Waals surface area contributed by atoms with E-state index in [2.05, 4.69) is 6.92 Å². The molecule has 0 spiro atoms. The van der Waals surface area contributed by atoms with Gasteiger partial charge in [-0.1, -0.05) is 33.6 Å². The second-order valence-corrected chi connectivity index (χ2v) is 3.65. The fourth-order valence-electron chi connectivity index (χ4n) is 2.22. The lowest BCUT2D eigenvalue weighted by atomic mass is 9.61. The predicted octanol–water partition coefficient (Wildman–Crippen LogP) is 3.47. The molecule has 0 aliphatic heterocycles. The Labute approximate surface area is 65.0 Å². The summed E-state index contributed by atoms with van der Waals surface area (Å²) in [4.78, 5) is 0. The van der Waals surface area contributed by atoms with Gasteiger partial charge in [0.25, 0.3) is 0 Å². The number of rotatable bonds is 0. The van der Waals surface area contributed by atoms with Crippen LogP contribution in [-0.2, 0) is 0 Å². The Morgan fingerprint density at radius 1 is 1.00 bits per heavy atom. The average molecular weight is 140 g/mol. The Kier molecular flexibility index (Phi) is 2.76. The Balaban J connectivity index is 0.000000231. The first kappa shape index (κ1) is 8.10. The molecule has 0 nitrogen and oxygen atoms in total. The van der Waals surface area contributed by atoms with Gasteiger partial charge in [0.2, 0.25) is 0 Å². The smallest absolute Gasteiger partial charge is 0.0383 e. The van der Waals surface area contributed by atoms with Crippen molar-refractivity contribution in [2.75, 3.05) is 0 Å². The monoisotopic (exact) mass is 140 g/mol. The van der Waals surface area contributed by atoms with Crippen LogP contribution < -0.4 is 0 Å². The molecule has 1 atom stereocenters. The zero-order chi connectivity index (χ0) is 7.56. The lowest BCUT2D eigenvalue weighted by Gasteiger charge is -2.45. The fourth-order valence-corrected chi connectivity index (χ4v) is 2.22. The van der Waals surface area contributed by atoms with Gasteiger partial charge in [-0.15, -0.1) is 0 Å². The van der Waals surface area contributed by atoms with Crippen LogP contribution in [0.5, 0.6) is 0 Å². The van der Waals surface area contributed by atoms with Crippen LogP contribution >= 0.6 is 0 Å². The molecule has 3 rings (SSSR count). The summed E-state index contributed by atoms with van der Waals surface area (Å²) >= 11 is 0. The molecular formula is C10H20. The predicted molar refractivity (Wildman–Crippen MR) is 46.0 cm³/mol. The zero-order valence-electron chi connectivity index (χ0n) is 7.56. The maximum Gasteiger partial charge on any atom is -0.0383 e. The molecule has 2 bridgehead atoms. The molecule has 0 aromatic heterocycles. The molecule has 3 fully saturated rings. The summed E-state index contributed by atoms with van der Waals surface area (Å²) in [6.45, 7) is 6.42. The minimum absolute atomic E-state index is 1.07. The summed E-state index contributed by atoms with van der Waals surface area (Å²) in [5.41, 5.74) is 0. The van der Waals surface area contributed by atoms with Crippen LogP contribution in [0.4, 0.5) is 0 Å². The number of hydrogen-bond donors (Lipinski definition) is 0. The van der Waals surface area contributed by atoms with E-state index in [1.165, 1.54) is 12.8 Å². The Morgan fingerprint density at radius 3 is 1.80 bits per heavy atom. The van der Waals surface area contributed by atoms with E-state index in [4.69, 9.17) is 0 Å². The third-order valence-electron chi connectivity index (χ3n) is 3.11. The van der Waals surface area contributed by atoms with E-state index >= 15 is 0 Å². The van der Waals surface area contributed by atoms with Gasteiger partial charge in [-0.2, -0.15) is 0 Å². The van der Waals surface area contributed by atoms with Crippen molar-refractivity contribution in [3.8, 4) is 0 Å². The molecule has 0 amide bonds. The van der Waals surface area contributed by atoms with Crippen molar-refractivity contribution in [1.82, 2.24) is 0 Å². The number of fused-ring (bicyclic) bond motifs is 2. The molecule has 0 saturated heterocycles. The normalized spacial score (nSPS) is 42.9. The molecule has 0 aromatic carbocycles. The van der Waals surface area contributed by atoms with Crippen molar-refractivity contribution in [1.29, 1.82) is 0 Å². The summed E-state index contributed by atoms with van der Waals surface area (Å²) in [7, 11) is 0. The molecule has 60 valence electrons. The van der Waals surface area contributed by atoms with Crippen LogP contribution in [0.1, 0.15) is 46.5 Å². The average Bonchev–Trinajstić information content (AvgIpc) is 1.90. The first-order valence-corrected chi connectivity index (χ1v) is 4.86. The van der Waals surface area contributed by atoms with E-state index in [9.17, 15) is 0 Å². The van der Waals surface area contributed by atoms with Gasteiger partial charge in [-0.25, -0.2) is 0 Å². The van der Waals surface area contributed by atoms with Gasteiger partial charge in [0.05, 0.1) is 0 Å². The highest BCUT2D eigenvalue weighted by molar-refractivity contribution is 4.88. The van der Waals surface area contributed by atoms with Gasteiger partial charge in [-0.05, 0) is 30.6 Å². The summed E-state index contributed by atoms with van der Waals surface area (Å²) in [5, 5.41) is 0. The standard InChI is InChI=1S/C8H14.C2H6/c1-6-2-3-7-4-8(6)5-7;1-2/h6-8H,2-5H2,1H3;1-2H3. The Hall–Kier alpha value is 0. The number of hydrogen-bond acceptors (Lipinski definition) is 0. The molecule has 10 heavy (non-hydrogen) atoms. The molecule has 3 aliphatic rings. The maximum absolute atomic E-state index is 2.42. The topological polar surface area (TPSA) is 0 Å². The second-order valence-electron chi connectivity index (χ2n) is 3.65. The van der Waals surface area contributed by atoms with Gasteiger partial charge in [0.1, 0.15) is 0 Å². The van der Waals surface area contributed by atoms with Crippen molar-refractivity contribution < 1.29 is 0 Å². The Morgan fingerprint density at radius 2 is 1.60 bits per heavy atom. The molecular weight excluding hydrogens is 120 g/mol. The fraction of sp³-hybridized carbons (Fsp3) is 1.00. The summed E-state index contributed by atoms with van der Waals surface area (Å²) in [5.74, 6) is 3.38. The third-order valence-corrected chi connectivity index (χ3v) is 3.11. The quantitative estimate of drug-likeness (QED) is 0.483. The van der Waals surface area contributed by atoms with Gasteiger partial charge in [-0.3, -0.25) is 0 Å². The Bertz CT molecular complexity index is 84.7. The van der Waals surface area contributed by atoms with Crippen LogP contribution in [-0.4, -0.2) is 0 Å². The van der Waals surface area contributed by atoms with Gasteiger partial charge < -0.3 is 0 Å². The van der Waals surface area contributed by atoms with Crippen molar-refractivity contribution in [3.05, 3.63) is 0 Å². The molecule has 0 heterocycles.